The zero-order chi connectivity index (χ0) is 23.2. The summed E-state index contributed by atoms with van der Waals surface area (Å²) < 4.78 is 0. The number of hydrogen-bond donors (Lipinski definition) is 2. The lowest BCUT2D eigenvalue weighted by molar-refractivity contribution is 0.130. The van der Waals surface area contributed by atoms with Crippen molar-refractivity contribution in [3.05, 3.63) is 103 Å². The molecule has 3 N–H and O–H groups in total. The monoisotopic (exact) mass is 438 g/mol. The van der Waals surface area contributed by atoms with Crippen LogP contribution in [0.15, 0.2) is 92.0 Å². The Labute approximate surface area is 198 Å². The highest BCUT2D eigenvalue weighted by molar-refractivity contribution is 5.84. The first-order valence-electron chi connectivity index (χ1n) is 11.6. The molecule has 1 fully saturated rings. The SMILES string of the molecule is C=CC(Cc1ccc(C(=C)Nc2cc(-c3ccccc3)ccc2N)cc1)N1CCN(C)CC1. The van der Waals surface area contributed by atoms with E-state index >= 15 is 0 Å². The lowest BCUT2D eigenvalue weighted by Crippen LogP contribution is -2.49. The average Bonchev–Trinajstić information content (AvgIpc) is 2.85. The number of piperazine rings is 1. The molecule has 0 bridgehead atoms. The van der Waals surface area contributed by atoms with E-state index in [4.69, 9.17) is 5.73 Å². The van der Waals surface area contributed by atoms with Crippen molar-refractivity contribution in [1.82, 2.24) is 9.80 Å². The molecule has 1 heterocycles. The quantitative estimate of drug-likeness (QED) is 0.367. The van der Waals surface area contributed by atoms with E-state index in [2.05, 4.69) is 83.9 Å². The third-order valence-corrected chi connectivity index (χ3v) is 6.47. The van der Waals surface area contributed by atoms with Crippen molar-refractivity contribution in [1.29, 1.82) is 0 Å². The van der Waals surface area contributed by atoms with Crippen LogP contribution in [0, 0.1) is 0 Å². The molecule has 0 amide bonds. The summed E-state index contributed by atoms with van der Waals surface area (Å²) >= 11 is 0. The summed E-state index contributed by atoms with van der Waals surface area (Å²) in [6.07, 6.45) is 3.06. The highest BCUT2D eigenvalue weighted by Gasteiger charge is 2.20. The molecule has 0 aliphatic carbocycles. The highest BCUT2D eigenvalue weighted by Crippen LogP contribution is 2.29. The number of nitrogens with two attached hydrogens (primary N) is 1. The van der Waals surface area contributed by atoms with E-state index in [1.165, 1.54) is 5.56 Å². The third kappa shape index (κ3) is 5.72. The second kappa shape index (κ2) is 10.5. The number of nitrogen functional groups attached to an aromatic ring is 1. The molecule has 0 radical (unpaired) electrons. The van der Waals surface area contributed by atoms with Crippen molar-refractivity contribution in [3.63, 3.8) is 0 Å². The highest BCUT2D eigenvalue weighted by atomic mass is 15.3. The fraction of sp³-hybridized carbons (Fsp3) is 0.241. The van der Waals surface area contributed by atoms with Gasteiger partial charge in [-0.25, -0.2) is 0 Å². The van der Waals surface area contributed by atoms with Crippen LogP contribution < -0.4 is 11.1 Å². The summed E-state index contributed by atoms with van der Waals surface area (Å²) in [6.45, 7) is 12.8. The van der Waals surface area contributed by atoms with Crippen LogP contribution in [-0.2, 0) is 6.42 Å². The standard InChI is InChI=1S/C29H34N4/c1-4-27(33-18-16-32(3)17-19-33)20-23-10-12-24(13-11-23)22(2)31-29-21-26(14-15-28(29)30)25-8-6-5-7-9-25/h4-15,21,27,31H,1-2,16-20,30H2,3H3. The smallest absolute Gasteiger partial charge is 0.0624 e. The van der Waals surface area contributed by atoms with E-state index in [-0.39, 0.29) is 0 Å². The summed E-state index contributed by atoms with van der Waals surface area (Å²) in [5.74, 6) is 0. The van der Waals surface area contributed by atoms with Crippen LogP contribution in [0.5, 0.6) is 0 Å². The van der Waals surface area contributed by atoms with Crippen molar-refractivity contribution in [2.24, 2.45) is 0 Å². The molecule has 0 saturated carbocycles. The first-order chi connectivity index (χ1) is 16.0. The van der Waals surface area contributed by atoms with Gasteiger partial charge in [-0.15, -0.1) is 6.58 Å². The second-order valence-corrected chi connectivity index (χ2v) is 8.81. The summed E-state index contributed by atoms with van der Waals surface area (Å²) in [4.78, 5) is 4.91. The number of anilines is 2. The van der Waals surface area contributed by atoms with Crippen molar-refractivity contribution in [2.75, 3.05) is 44.3 Å². The lowest BCUT2D eigenvalue weighted by atomic mass is 10.0. The van der Waals surface area contributed by atoms with Gasteiger partial charge in [-0.1, -0.05) is 73.3 Å². The predicted molar refractivity (Wildman–Crippen MR) is 142 cm³/mol. The summed E-state index contributed by atoms with van der Waals surface area (Å²) in [7, 11) is 2.19. The van der Waals surface area contributed by atoms with Crippen molar-refractivity contribution in [3.8, 4) is 11.1 Å². The van der Waals surface area contributed by atoms with Crippen molar-refractivity contribution < 1.29 is 0 Å². The molecular formula is C29H34N4. The molecule has 3 aromatic rings. The number of likely N-dealkylation sites (N-methyl/N-ethyl adjacent to an activating group) is 1. The molecule has 1 aliphatic rings. The minimum atomic E-state index is 0.367. The van der Waals surface area contributed by atoms with Gasteiger partial charge in [0.15, 0.2) is 0 Å². The van der Waals surface area contributed by atoms with E-state index < -0.39 is 0 Å². The van der Waals surface area contributed by atoms with Crippen LogP contribution in [0.25, 0.3) is 16.8 Å². The van der Waals surface area contributed by atoms with Gasteiger partial charge in [0, 0.05) is 37.9 Å². The van der Waals surface area contributed by atoms with Gasteiger partial charge >= 0.3 is 0 Å². The number of hydrogen-bond acceptors (Lipinski definition) is 4. The van der Waals surface area contributed by atoms with Crippen LogP contribution in [0.2, 0.25) is 0 Å². The van der Waals surface area contributed by atoms with E-state index in [1.807, 2.05) is 30.3 Å². The minimum absolute atomic E-state index is 0.367. The molecule has 1 unspecified atom stereocenters. The van der Waals surface area contributed by atoms with Gasteiger partial charge in [-0.05, 0) is 47.9 Å². The van der Waals surface area contributed by atoms with Crippen LogP contribution in [0.3, 0.4) is 0 Å². The Hall–Kier alpha value is -3.34. The molecule has 0 spiro atoms. The number of rotatable bonds is 8. The lowest BCUT2D eigenvalue weighted by Gasteiger charge is -2.36. The van der Waals surface area contributed by atoms with Gasteiger partial charge in [0.2, 0.25) is 0 Å². The fourth-order valence-electron chi connectivity index (χ4n) is 4.31. The Balaban J connectivity index is 1.42. The Morgan fingerprint density at radius 1 is 0.970 bits per heavy atom. The third-order valence-electron chi connectivity index (χ3n) is 6.47. The summed E-state index contributed by atoms with van der Waals surface area (Å²) in [5, 5.41) is 3.42. The maximum atomic E-state index is 6.25. The van der Waals surface area contributed by atoms with Crippen LogP contribution in [-0.4, -0.2) is 49.1 Å². The maximum absolute atomic E-state index is 6.25. The van der Waals surface area contributed by atoms with Crippen LogP contribution >= 0.6 is 0 Å². The molecular weight excluding hydrogens is 404 g/mol. The van der Waals surface area contributed by atoms with E-state index in [9.17, 15) is 0 Å². The Morgan fingerprint density at radius 2 is 1.67 bits per heavy atom. The van der Waals surface area contributed by atoms with E-state index in [0.29, 0.717) is 11.7 Å². The molecule has 1 aliphatic heterocycles. The largest absolute Gasteiger partial charge is 0.397 e. The number of nitrogens with zero attached hydrogens (tertiary/aromatic N) is 2. The molecule has 4 rings (SSSR count). The normalized spacial score (nSPS) is 15.7. The first-order valence-corrected chi connectivity index (χ1v) is 11.6. The maximum Gasteiger partial charge on any atom is 0.0624 e. The van der Waals surface area contributed by atoms with E-state index in [0.717, 1.165) is 60.7 Å². The number of nitrogens with one attached hydrogen (secondary N) is 1. The molecule has 0 aromatic heterocycles. The number of benzene rings is 3. The molecule has 1 atom stereocenters. The second-order valence-electron chi connectivity index (χ2n) is 8.81. The van der Waals surface area contributed by atoms with Crippen LogP contribution in [0.4, 0.5) is 11.4 Å². The molecule has 33 heavy (non-hydrogen) atoms. The Kier molecular flexibility index (Phi) is 7.28. The predicted octanol–water partition coefficient (Wildman–Crippen LogP) is 5.36. The van der Waals surface area contributed by atoms with E-state index in [1.54, 1.807) is 0 Å². The topological polar surface area (TPSA) is 44.5 Å². The molecule has 4 heteroatoms. The van der Waals surface area contributed by atoms with Gasteiger partial charge in [-0.2, -0.15) is 0 Å². The molecule has 4 nitrogen and oxygen atoms in total. The fourth-order valence-corrected chi connectivity index (χ4v) is 4.31. The Morgan fingerprint density at radius 3 is 2.33 bits per heavy atom. The zero-order valence-electron chi connectivity index (χ0n) is 19.5. The Bertz CT molecular complexity index is 1080. The molecule has 170 valence electrons. The van der Waals surface area contributed by atoms with Crippen molar-refractivity contribution in [2.45, 2.75) is 12.5 Å². The van der Waals surface area contributed by atoms with Crippen LogP contribution in [0.1, 0.15) is 11.1 Å². The zero-order valence-corrected chi connectivity index (χ0v) is 19.5. The van der Waals surface area contributed by atoms with Gasteiger partial charge in [-0.3, -0.25) is 4.90 Å². The molecule has 3 aromatic carbocycles. The van der Waals surface area contributed by atoms with Gasteiger partial charge in [0.1, 0.15) is 0 Å². The van der Waals surface area contributed by atoms with Gasteiger partial charge < -0.3 is 16.0 Å². The summed E-state index contributed by atoms with van der Waals surface area (Å²) in [5.41, 5.74) is 13.3. The average molecular weight is 439 g/mol. The minimum Gasteiger partial charge on any atom is -0.397 e. The molecule has 1 saturated heterocycles. The summed E-state index contributed by atoms with van der Waals surface area (Å²) in [6, 6.07) is 25.4. The van der Waals surface area contributed by atoms with Crippen molar-refractivity contribution >= 4 is 17.1 Å². The first kappa shape index (κ1) is 22.8. The van der Waals surface area contributed by atoms with Gasteiger partial charge in [0.05, 0.1) is 11.4 Å². The van der Waals surface area contributed by atoms with Gasteiger partial charge in [0.25, 0.3) is 0 Å².